The number of nitrogens with two attached hydrogens (primary N) is 1. The predicted molar refractivity (Wildman–Crippen MR) is 82.5 cm³/mol. The number of aryl methyl sites for hydroxylation is 3. The van der Waals surface area contributed by atoms with E-state index in [0.29, 0.717) is 0 Å². The molecule has 0 spiro atoms. The van der Waals surface area contributed by atoms with E-state index >= 15 is 0 Å². The number of anilines is 1. The molecule has 0 fully saturated rings. The summed E-state index contributed by atoms with van der Waals surface area (Å²) in [5.41, 5.74) is 14.2. The molecule has 2 N–H and O–H groups in total. The third-order valence-electron chi connectivity index (χ3n) is 3.80. The van der Waals surface area contributed by atoms with Crippen LogP contribution in [0.25, 0.3) is 11.1 Å². The van der Waals surface area contributed by atoms with Crippen molar-refractivity contribution in [2.75, 3.05) is 5.73 Å². The molecule has 0 amide bonds. The summed E-state index contributed by atoms with van der Waals surface area (Å²) in [5.74, 6) is 0. The Bertz CT molecular complexity index is 567. The van der Waals surface area contributed by atoms with Crippen molar-refractivity contribution >= 4 is 16.3 Å². The van der Waals surface area contributed by atoms with E-state index in [0.717, 1.165) is 11.4 Å². The lowest BCUT2D eigenvalue weighted by atomic mass is 9.90. The molecular formula is C16H21NS. The first-order valence-electron chi connectivity index (χ1n) is 6.41. The van der Waals surface area contributed by atoms with Crippen molar-refractivity contribution in [3.8, 4) is 11.1 Å². The largest absolute Gasteiger partial charge is 0.390 e. The molecular weight excluding hydrogens is 238 g/mol. The maximum Gasteiger partial charge on any atom is 0.0939 e. The summed E-state index contributed by atoms with van der Waals surface area (Å²) in [6, 6.07) is 4.52. The van der Waals surface area contributed by atoms with Crippen LogP contribution in [0, 0.1) is 27.7 Å². The lowest BCUT2D eigenvalue weighted by Crippen LogP contribution is -1.96. The second-order valence-electron chi connectivity index (χ2n) is 4.98. The van der Waals surface area contributed by atoms with Gasteiger partial charge in [-0.05, 0) is 68.0 Å². The SMILES string of the molecule is CCc1cc(-c2c(C)c(C)cc(C)c2C)c(N)s1. The zero-order valence-corrected chi connectivity index (χ0v) is 12.7. The molecule has 0 saturated heterocycles. The van der Waals surface area contributed by atoms with Crippen LogP contribution in [0.3, 0.4) is 0 Å². The molecule has 0 atom stereocenters. The van der Waals surface area contributed by atoms with Crippen molar-refractivity contribution in [3.63, 3.8) is 0 Å². The molecule has 0 unspecified atom stereocenters. The average molecular weight is 259 g/mol. The van der Waals surface area contributed by atoms with Crippen LogP contribution in [0.4, 0.5) is 5.00 Å². The molecule has 0 aliphatic heterocycles. The van der Waals surface area contributed by atoms with Crippen LogP contribution in [-0.4, -0.2) is 0 Å². The van der Waals surface area contributed by atoms with Gasteiger partial charge in [0, 0.05) is 10.4 Å². The van der Waals surface area contributed by atoms with E-state index < -0.39 is 0 Å². The summed E-state index contributed by atoms with van der Waals surface area (Å²) in [7, 11) is 0. The minimum Gasteiger partial charge on any atom is -0.390 e. The fourth-order valence-corrected chi connectivity index (χ4v) is 3.32. The smallest absolute Gasteiger partial charge is 0.0939 e. The Hall–Kier alpha value is -1.28. The van der Waals surface area contributed by atoms with Crippen LogP contribution >= 0.6 is 11.3 Å². The van der Waals surface area contributed by atoms with Crippen LogP contribution < -0.4 is 5.73 Å². The maximum atomic E-state index is 6.21. The second kappa shape index (κ2) is 4.77. The summed E-state index contributed by atoms with van der Waals surface area (Å²) in [5, 5.41) is 0.947. The number of hydrogen-bond donors (Lipinski definition) is 1. The van der Waals surface area contributed by atoms with Gasteiger partial charge in [0.15, 0.2) is 0 Å². The topological polar surface area (TPSA) is 26.0 Å². The summed E-state index contributed by atoms with van der Waals surface area (Å²) in [6.45, 7) is 10.9. The molecule has 96 valence electrons. The molecule has 2 heteroatoms. The Morgan fingerprint density at radius 2 is 1.56 bits per heavy atom. The average Bonchev–Trinajstić information content (AvgIpc) is 2.69. The molecule has 18 heavy (non-hydrogen) atoms. The highest BCUT2D eigenvalue weighted by Gasteiger charge is 2.15. The minimum atomic E-state index is 0.947. The van der Waals surface area contributed by atoms with Gasteiger partial charge in [0.25, 0.3) is 0 Å². The van der Waals surface area contributed by atoms with Gasteiger partial charge in [-0.3, -0.25) is 0 Å². The Morgan fingerprint density at radius 1 is 1.00 bits per heavy atom. The third-order valence-corrected chi connectivity index (χ3v) is 4.90. The summed E-state index contributed by atoms with van der Waals surface area (Å²) >= 11 is 1.72. The zero-order valence-electron chi connectivity index (χ0n) is 11.8. The number of benzene rings is 1. The van der Waals surface area contributed by atoms with Crippen LogP contribution in [0.5, 0.6) is 0 Å². The zero-order chi connectivity index (χ0) is 13.4. The van der Waals surface area contributed by atoms with Gasteiger partial charge in [-0.25, -0.2) is 0 Å². The fraction of sp³-hybridized carbons (Fsp3) is 0.375. The molecule has 2 rings (SSSR count). The Morgan fingerprint density at radius 3 is 2.00 bits per heavy atom. The summed E-state index contributed by atoms with van der Waals surface area (Å²) in [4.78, 5) is 1.36. The molecule has 0 radical (unpaired) electrons. The van der Waals surface area contributed by atoms with E-state index in [4.69, 9.17) is 5.73 Å². The molecule has 1 heterocycles. The monoisotopic (exact) mass is 259 g/mol. The standard InChI is InChI=1S/C16H21NS/c1-6-13-8-14(16(17)18-13)15-11(4)9(2)7-10(3)12(15)5/h7-8H,6,17H2,1-5H3. The van der Waals surface area contributed by atoms with Gasteiger partial charge >= 0.3 is 0 Å². The van der Waals surface area contributed by atoms with Gasteiger partial charge in [-0.2, -0.15) is 0 Å². The fourth-order valence-electron chi connectivity index (χ4n) is 2.45. The lowest BCUT2D eigenvalue weighted by molar-refractivity contribution is 1.18. The first-order chi connectivity index (χ1) is 8.45. The Balaban J connectivity index is 2.73. The normalized spacial score (nSPS) is 10.9. The Kier molecular flexibility index (Phi) is 3.49. The van der Waals surface area contributed by atoms with Crippen LogP contribution in [0.1, 0.15) is 34.1 Å². The van der Waals surface area contributed by atoms with Crippen molar-refractivity contribution in [1.82, 2.24) is 0 Å². The molecule has 1 aromatic carbocycles. The predicted octanol–water partition coefficient (Wildman–Crippen LogP) is 4.79. The van der Waals surface area contributed by atoms with Gasteiger partial charge in [0.05, 0.1) is 5.00 Å². The van der Waals surface area contributed by atoms with Gasteiger partial charge in [0.2, 0.25) is 0 Å². The number of hydrogen-bond acceptors (Lipinski definition) is 2. The van der Waals surface area contributed by atoms with Gasteiger partial charge in [-0.15, -0.1) is 11.3 Å². The van der Waals surface area contributed by atoms with Gasteiger partial charge in [0.1, 0.15) is 0 Å². The van der Waals surface area contributed by atoms with E-state index in [9.17, 15) is 0 Å². The minimum absolute atomic E-state index is 0.947. The highest BCUT2D eigenvalue weighted by Crippen LogP contribution is 2.39. The van der Waals surface area contributed by atoms with E-state index in [1.165, 1.54) is 38.3 Å². The third kappa shape index (κ3) is 2.05. The molecule has 1 nitrogen and oxygen atoms in total. The summed E-state index contributed by atoms with van der Waals surface area (Å²) < 4.78 is 0. The van der Waals surface area contributed by atoms with Crippen LogP contribution in [0.2, 0.25) is 0 Å². The highest BCUT2D eigenvalue weighted by atomic mass is 32.1. The first kappa shape index (κ1) is 13.2. The number of rotatable bonds is 2. The molecule has 0 aliphatic carbocycles. The van der Waals surface area contributed by atoms with Crippen LogP contribution in [-0.2, 0) is 6.42 Å². The number of thiophene rings is 1. The van der Waals surface area contributed by atoms with Gasteiger partial charge in [-0.1, -0.05) is 13.0 Å². The molecule has 2 aromatic rings. The molecule has 1 aromatic heterocycles. The second-order valence-corrected chi connectivity index (χ2v) is 6.15. The van der Waals surface area contributed by atoms with Crippen molar-refractivity contribution < 1.29 is 0 Å². The van der Waals surface area contributed by atoms with Crippen LogP contribution in [0.15, 0.2) is 12.1 Å². The Labute approximate surface area is 114 Å². The van der Waals surface area contributed by atoms with Crippen molar-refractivity contribution in [2.45, 2.75) is 41.0 Å². The maximum absolute atomic E-state index is 6.21. The molecule has 0 aliphatic rings. The van der Waals surface area contributed by atoms with E-state index in [1.807, 2.05) is 0 Å². The van der Waals surface area contributed by atoms with Crippen molar-refractivity contribution in [2.24, 2.45) is 0 Å². The van der Waals surface area contributed by atoms with E-state index in [1.54, 1.807) is 11.3 Å². The highest BCUT2D eigenvalue weighted by molar-refractivity contribution is 7.16. The van der Waals surface area contributed by atoms with Gasteiger partial charge < -0.3 is 5.73 Å². The molecule has 0 bridgehead atoms. The summed E-state index contributed by atoms with van der Waals surface area (Å²) in [6.07, 6.45) is 1.05. The lowest BCUT2D eigenvalue weighted by Gasteiger charge is -2.15. The van der Waals surface area contributed by atoms with E-state index in [2.05, 4.69) is 46.8 Å². The van der Waals surface area contributed by atoms with Crippen molar-refractivity contribution in [3.05, 3.63) is 39.3 Å². The molecule has 0 saturated carbocycles. The van der Waals surface area contributed by atoms with Crippen molar-refractivity contribution in [1.29, 1.82) is 0 Å². The van der Waals surface area contributed by atoms with E-state index in [-0.39, 0.29) is 0 Å². The number of nitrogen functional groups attached to an aromatic ring is 1. The quantitative estimate of drug-likeness (QED) is 0.824. The first-order valence-corrected chi connectivity index (χ1v) is 7.23.